The number of aromatic nitrogens is 2. The van der Waals surface area contributed by atoms with Crippen molar-refractivity contribution in [2.45, 2.75) is 39.2 Å². The van der Waals surface area contributed by atoms with Gasteiger partial charge in [-0.2, -0.15) is 5.10 Å². The summed E-state index contributed by atoms with van der Waals surface area (Å²) in [5.41, 5.74) is 2.12. The molecule has 0 saturated carbocycles. The van der Waals surface area contributed by atoms with Gasteiger partial charge in [-0.1, -0.05) is 18.2 Å². The molecule has 1 unspecified atom stereocenters. The molecule has 2 aliphatic heterocycles. The minimum absolute atomic E-state index is 0. The second-order valence-corrected chi connectivity index (χ2v) is 9.33. The predicted molar refractivity (Wildman–Crippen MR) is 142 cm³/mol. The first-order chi connectivity index (χ1) is 15.6. The average molecular weight is 569 g/mol. The predicted octanol–water partition coefficient (Wildman–Crippen LogP) is 3.92. The molecule has 4 rings (SSSR count). The van der Waals surface area contributed by atoms with Gasteiger partial charge in [0.15, 0.2) is 5.96 Å². The van der Waals surface area contributed by atoms with Crippen molar-refractivity contribution in [2.24, 2.45) is 23.9 Å². The summed E-state index contributed by atoms with van der Waals surface area (Å²) in [7, 11) is 1.98. The van der Waals surface area contributed by atoms with Crippen LogP contribution in [0.3, 0.4) is 0 Å². The monoisotopic (exact) mass is 568 g/mol. The number of likely N-dealkylation sites (tertiary alicyclic amines) is 2. The number of rotatable bonds is 7. The van der Waals surface area contributed by atoms with Gasteiger partial charge in [0.25, 0.3) is 0 Å². The van der Waals surface area contributed by atoms with Crippen molar-refractivity contribution in [3.8, 4) is 0 Å². The van der Waals surface area contributed by atoms with Gasteiger partial charge in [0, 0.05) is 51.5 Å². The van der Waals surface area contributed by atoms with Crippen molar-refractivity contribution in [1.82, 2.24) is 24.9 Å². The van der Waals surface area contributed by atoms with E-state index in [-0.39, 0.29) is 29.8 Å². The Morgan fingerprint density at radius 2 is 1.91 bits per heavy atom. The van der Waals surface area contributed by atoms with Crippen LogP contribution >= 0.6 is 24.0 Å². The van der Waals surface area contributed by atoms with Gasteiger partial charge in [-0.05, 0) is 69.2 Å². The maximum Gasteiger partial charge on any atom is 0.193 e. The summed E-state index contributed by atoms with van der Waals surface area (Å²) in [6.45, 7) is 8.77. The van der Waals surface area contributed by atoms with Gasteiger partial charge in [-0.15, -0.1) is 24.0 Å². The van der Waals surface area contributed by atoms with Crippen LogP contribution in [-0.4, -0.2) is 64.8 Å². The first-order valence-corrected chi connectivity index (χ1v) is 12.1. The Hall–Kier alpha value is -1.68. The lowest BCUT2D eigenvalue weighted by molar-refractivity contribution is 0.178. The molecule has 0 aliphatic carbocycles. The third kappa shape index (κ3) is 7.40. The molecule has 1 N–H and O–H groups in total. The van der Waals surface area contributed by atoms with Crippen molar-refractivity contribution < 1.29 is 4.39 Å². The minimum Gasteiger partial charge on any atom is -0.357 e. The largest absolute Gasteiger partial charge is 0.357 e. The van der Waals surface area contributed by atoms with E-state index in [9.17, 15) is 4.39 Å². The number of nitrogens with zero attached hydrogens (tertiary/aromatic N) is 5. The molecule has 2 saturated heterocycles. The molecule has 3 heterocycles. The quantitative estimate of drug-likeness (QED) is 0.313. The zero-order valence-electron chi connectivity index (χ0n) is 19.9. The topological polar surface area (TPSA) is 48.7 Å². The molecule has 33 heavy (non-hydrogen) atoms. The summed E-state index contributed by atoms with van der Waals surface area (Å²) in [5.74, 6) is 2.23. The van der Waals surface area contributed by atoms with Crippen LogP contribution < -0.4 is 5.32 Å². The first kappa shape index (κ1) is 25.9. The molecule has 6 nitrogen and oxygen atoms in total. The fourth-order valence-corrected chi connectivity index (χ4v) is 4.94. The summed E-state index contributed by atoms with van der Waals surface area (Å²) < 4.78 is 15.8. The summed E-state index contributed by atoms with van der Waals surface area (Å²) in [5, 5.41) is 7.81. The van der Waals surface area contributed by atoms with Crippen LogP contribution in [0.1, 0.15) is 37.3 Å². The molecule has 1 aromatic carbocycles. The van der Waals surface area contributed by atoms with Crippen LogP contribution in [0.5, 0.6) is 0 Å². The van der Waals surface area contributed by atoms with Crippen molar-refractivity contribution in [3.63, 3.8) is 0 Å². The Balaban J connectivity index is 0.00000306. The number of piperidine rings is 1. The molecule has 0 spiro atoms. The molecule has 0 bridgehead atoms. The maximum absolute atomic E-state index is 13.9. The van der Waals surface area contributed by atoms with Crippen LogP contribution in [0.2, 0.25) is 0 Å². The van der Waals surface area contributed by atoms with Gasteiger partial charge in [0.05, 0.1) is 6.20 Å². The first-order valence-electron chi connectivity index (χ1n) is 12.1. The molecule has 8 heteroatoms. The van der Waals surface area contributed by atoms with Gasteiger partial charge >= 0.3 is 0 Å². The van der Waals surface area contributed by atoms with Crippen molar-refractivity contribution in [2.75, 3.05) is 39.3 Å². The van der Waals surface area contributed by atoms with Crippen LogP contribution in [-0.2, 0) is 20.0 Å². The van der Waals surface area contributed by atoms with Gasteiger partial charge in [0.2, 0.25) is 0 Å². The SMILES string of the molecule is CCNC(=NCC1CCN(Cc2ccccc2F)CC1)N1CCC(Cc2cnn(C)c2)C1.I. The number of hydrogen-bond acceptors (Lipinski definition) is 3. The zero-order valence-corrected chi connectivity index (χ0v) is 22.2. The van der Waals surface area contributed by atoms with Crippen molar-refractivity contribution in [3.05, 3.63) is 53.6 Å². The third-order valence-electron chi connectivity index (χ3n) is 6.76. The van der Waals surface area contributed by atoms with Gasteiger partial charge in [-0.3, -0.25) is 14.6 Å². The van der Waals surface area contributed by atoms with E-state index in [4.69, 9.17) is 4.99 Å². The van der Waals surface area contributed by atoms with E-state index < -0.39 is 0 Å². The van der Waals surface area contributed by atoms with E-state index >= 15 is 0 Å². The fraction of sp³-hybridized carbons (Fsp3) is 0.600. The number of aryl methyl sites for hydroxylation is 1. The average Bonchev–Trinajstić information content (AvgIpc) is 3.43. The van der Waals surface area contributed by atoms with Gasteiger partial charge in [0.1, 0.15) is 5.82 Å². The van der Waals surface area contributed by atoms with E-state index in [1.54, 1.807) is 12.1 Å². The normalized spacial score (nSPS) is 20.2. The number of aliphatic imine (C=N–C) groups is 1. The number of nitrogens with one attached hydrogen (secondary N) is 1. The Kier molecular flexibility index (Phi) is 9.97. The molecular formula is C25H38FIN6. The minimum atomic E-state index is -0.0954. The molecule has 0 radical (unpaired) electrons. The highest BCUT2D eigenvalue weighted by atomic mass is 127. The molecule has 182 valence electrons. The standard InChI is InChI=1S/C25H37FN6.HI/c1-3-27-25(32-13-10-21(18-32)14-22-16-29-30(2)17-22)28-15-20-8-11-31(12-9-20)19-23-6-4-5-7-24(23)26;/h4-7,16-17,20-21H,3,8-15,18-19H2,1-2H3,(H,27,28);1H. The smallest absolute Gasteiger partial charge is 0.193 e. The molecule has 0 amide bonds. The van der Waals surface area contributed by atoms with E-state index in [0.717, 1.165) is 70.1 Å². The molecule has 1 atom stereocenters. The number of halogens is 2. The van der Waals surface area contributed by atoms with E-state index in [1.807, 2.05) is 30.1 Å². The van der Waals surface area contributed by atoms with Gasteiger partial charge < -0.3 is 10.2 Å². The Morgan fingerprint density at radius 3 is 2.61 bits per heavy atom. The molecular weight excluding hydrogens is 530 g/mol. The Labute approximate surface area is 214 Å². The Bertz CT molecular complexity index is 893. The summed E-state index contributed by atoms with van der Waals surface area (Å²) in [4.78, 5) is 9.82. The lowest BCUT2D eigenvalue weighted by Gasteiger charge is -2.31. The second kappa shape index (κ2) is 12.7. The second-order valence-electron chi connectivity index (χ2n) is 9.33. The van der Waals surface area contributed by atoms with Gasteiger partial charge in [-0.25, -0.2) is 4.39 Å². The number of guanidine groups is 1. The van der Waals surface area contributed by atoms with Crippen LogP contribution in [0.25, 0.3) is 0 Å². The highest BCUT2D eigenvalue weighted by molar-refractivity contribution is 14.0. The Morgan fingerprint density at radius 1 is 1.15 bits per heavy atom. The molecule has 2 aromatic rings. The number of hydrogen-bond donors (Lipinski definition) is 1. The van der Waals surface area contributed by atoms with Crippen molar-refractivity contribution in [1.29, 1.82) is 0 Å². The molecule has 2 fully saturated rings. The van der Waals surface area contributed by atoms with E-state index in [2.05, 4.69) is 33.3 Å². The fourth-order valence-electron chi connectivity index (χ4n) is 4.94. The lowest BCUT2D eigenvalue weighted by atomic mass is 9.96. The highest BCUT2D eigenvalue weighted by Crippen LogP contribution is 2.23. The summed E-state index contributed by atoms with van der Waals surface area (Å²) in [6, 6.07) is 7.12. The summed E-state index contributed by atoms with van der Waals surface area (Å²) >= 11 is 0. The number of benzene rings is 1. The third-order valence-corrected chi connectivity index (χ3v) is 6.76. The highest BCUT2D eigenvalue weighted by Gasteiger charge is 2.26. The zero-order chi connectivity index (χ0) is 22.3. The van der Waals surface area contributed by atoms with Crippen LogP contribution in [0.4, 0.5) is 4.39 Å². The maximum atomic E-state index is 13.9. The van der Waals surface area contributed by atoms with Crippen LogP contribution in [0.15, 0.2) is 41.7 Å². The molecule has 2 aliphatic rings. The van der Waals surface area contributed by atoms with Crippen LogP contribution in [0, 0.1) is 17.7 Å². The van der Waals surface area contributed by atoms with Crippen molar-refractivity contribution >= 4 is 29.9 Å². The van der Waals surface area contributed by atoms with E-state index in [1.165, 1.54) is 12.0 Å². The lowest BCUT2D eigenvalue weighted by Crippen LogP contribution is -2.41. The summed E-state index contributed by atoms with van der Waals surface area (Å²) in [6.07, 6.45) is 8.65. The van der Waals surface area contributed by atoms with E-state index in [0.29, 0.717) is 18.4 Å². The molecule has 1 aromatic heterocycles.